The number of nitrogens with zero attached hydrogens (tertiary/aromatic N) is 3. The molecule has 3 amide bonds. The van der Waals surface area contributed by atoms with Crippen LogP contribution in [0, 0.1) is 0 Å². The molecular weight excluding hydrogens is 1650 g/mol. The van der Waals surface area contributed by atoms with E-state index in [9.17, 15) is 14.4 Å². The molecule has 132 heavy (non-hydrogen) atoms. The van der Waals surface area contributed by atoms with Crippen LogP contribution in [-0.4, -0.2) is 92.1 Å². The fraction of sp³-hybridized carbons (Fsp3) is 0.632. The van der Waals surface area contributed by atoms with Gasteiger partial charge in [-0.15, -0.1) is 0 Å². The van der Waals surface area contributed by atoms with Gasteiger partial charge in [-0.1, -0.05) is 351 Å². The number of benzene rings is 6. The molecule has 7 rings (SSSR count). The maximum Gasteiger partial charge on any atom is 0.255 e. The van der Waals surface area contributed by atoms with E-state index in [2.05, 4.69) is 78.3 Å². The number of unbranched alkanes of at least 4 members (excludes halogenated alkanes) is 45. The van der Waals surface area contributed by atoms with Gasteiger partial charge in [0.05, 0.1) is 59.5 Å². The summed E-state index contributed by atoms with van der Waals surface area (Å²) in [5.41, 5.74) is 4.87. The van der Waals surface area contributed by atoms with Crippen molar-refractivity contribution in [2.24, 2.45) is 0 Å². The minimum Gasteiger partial charge on any atom is -0.490 e. The predicted octanol–water partition coefficient (Wildman–Crippen LogP) is 33.3. The van der Waals surface area contributed by atoms with Crippen molar-refractivity contribution in [1.82, 2.24) is 15.0 Å². The zero-order valence-electron chi connectivity index (χ0n) is 83.7. The highest BCUT2D eigenvalue weighted by atomic mass is 16.6. The average Bonchev–Trinajstić information content (AvgIpc) is 0.792. The van der Waals surface area contributed by atoms with Crippen molar-refractivity contribution in [1.29, 1.82) is 0 Å². The second-order valence-electron chi connectivity index (χ2n) is 36.4. The van der Waals surface area contributed by atoms with Crippen molar-refractivity contribution >= 4 is 34.8 Å². The van der Waals surface area contributed by atoms with Crippen LogP contribution in [0.15, 0.2) is 109 Å². The number of carbonyl (C=O) groups excluding carboxylic acids is 3. The van der Waals surface area contributed by atoms with E-state index in [4.69, 9.17) is 57.6 Å². The predicted molar refractivity (Wildman–Crippen MR) is 549 cm³/mol. The van der Waals surface area contributed by atoms with Crippen molar-refractivity contribution < 1.29 is 57.0 Å². The lowest BCUT2D eigenvalue weighted by Gasteiger charge is -2.19. The summed E-state index contributed by atoms with van der Waals surface area (Å²) >= 11 is 0. The minimum absolute atomic E-state index is 0.323. The highest BCUT2D eigenvalue weighted by Gasteiger charge is 2.25. The van der Waals surface area contributed by atoms with E-state index in [0.29, 0.717) is 179 Å². The quantitative estimate of drug-likeness (QED) is 0.0303. The van der Waals surface area contributed by atoms with Crippen molar-refractivity contribution in [2.75, 3.05) is 75.4 Å². The molecule has 6 aromatic carbocycles. The van der Waals surface area contributed by atoms with Gasteiger partial charge in [-0.05, 0) is 167 Å². The molecule has 0 aliphatic rings. The number of hydrogen-bond acceptors (Lipinski definition) is 15. The second-order valence-corrected chi connectivity index (χ2v) is 36.4. The zero-order valence-corrected chi connectivity index (χ0v) is 83.7. The Morgan fingerprint density at radius 1 is 0.197 bits per heavy atom. The second kappa shape index (κ2) is 70.6. The first-order valence-electron chi connectivity index (χ1n) is 53.2. The van der Waals surface area contributed by atoms with E-state index >= 15 is 0 Å². The highest BCUT2D eigenvalue weighted by Crippen LogP contribution is 2.44. The van der Waals surface area contributed by atoms with Gasteiger partial charge in [0.1, 0.15) is 0 Å². The number of aromatic nitrogens is 3. The van der Waals surface area contributed by atoms with Gasteiger partial charge in [0.25, 0.3) is 17.7 Å². The van der Waals surface area contributed by atoms with E-state index in [0.717, 1.165) is 173 Å². The molecule has 0 aliphatic carbocycles. The standard InChI is InChI=1S/C114H174N6O12/c1-10-19-28-37-46-55-76-124-100-85-94(86-101(125-77-56-47-38-29-20-11-2)106(100)130-82-61-52-43-34-25-16-7)112(121)115-97-70-64-91(65-71-97)109-118-110(92-66-72-98(73-67-92)116-113(122)95-87-102(126-78-57-48-39-30-21-12-3)107(131-83-62-53-44-35-26-17-8)103(88-95)127-79-58-49-40-31-22-13-4)120-111(119-109)93-68-74-99(75-69-93)117-114(123)96-89-104(128-80-59-50-41-32-23-14-5)108(132-84-63-54-45-36-27-18-9)105(90-96)129-81-60-51-42-33-24-15-6/h64-75,85-90H,10-63,76-84H2,1-9H3,(H,115,121)(H,116,122)(H,117,123). The third-order valence-electron chi connectivity index (χ3n) is 24.5. The average molecular weight is 1820 g/mol. The molecule has 0 saturated heterocycles. The SMILES string of the molecule is CCCCCCCCOc1cc(C(=O)Nc2ccc(-c3nc(-c4ccc(NC(=O)c5cc(OCCCCCCCC)c(OCCCCCCCC)c(OCCCCCCCC)c5)cc4)nc(-c4ccc(NC(=O)c5cc(OCCCCCCCC)c(OCCCCCCCC)c(OCCCCCCCC)c5)cc4)n3)cc2)cc(OCCCCCCCC)c1OCCCCCCCC. The van der Waals surface area contributed by atoms with E-state index < -0.39 is 0 Å². The van der Waals surface area contributed by atoms with Crippen LogP contribution >= 0.6 is 0 Å². The van der Waals surface area contributed by atoms with Gasteiger partial charge in [0.15, 0.2) is 52.0 Å². The fourth-order valence-corrected chi connectivity index (χ4v) is 16.2. The Labute approximate surface area is 798 Å². The molecule has 0 saturated carbocycles. The Hall–Kier alpha value is -9.06. The number of ether oxygens (including phenoxy) is 9. The molecule has 7 aromatic rings. The summed E-state index contributed by atoms with van der Waals surface area (Å²) < 4.78 is 59.6. The molecule has 0 unspecified atom stereocenters. The smallest absolute Gasteiger partial charge is 0.255 e. The molecule has 0 aliphatic heterocycles. The van der Waals surface area contributed by atoms with Crippen molar-refractivity contribution in [3.63, 3.8) is 0 Å². The molecule has 0 radical (unpaired) electrons. The molecule has 3 N–H and O–H groups in total. The summed E-state index contributed by atoms with van der Waals surface area (Å²) in [6.07, 6.45) is 60.6. The van der Waals surface area contributed by atoms with Crippen LogP contribution in [0.5, 0.6) is 51.7 Å². The maximum atomic E-state index is 14.8. The minimum atomic E-state index is -0.323. The van der Waals surface area contributed by atoms with Gasteiger partial charge in [0, 0.05) is 50.4 Å². The first-order chi connectivity index (χ1) is 65.0. The normalized spacial score (nSPS) is 11.2. The number of nitrogens with one attached hydrogen (secondary N) is 3. The highest BCUT2D eigenvalue weighted by molar-refractivity contribution is 6.07. The third-order valence-corrected chi connectivity index (χ3v) is 24.5. The van der Waals surface area contributed by atoms with Crippen LogP contribution in [0.2, 0.25) is 0 Å². The van der Waals surface area contributed by atoms with Gasteiger partial charge in [-0.2, -0.15) is 0 Å². The van der Waals surface area contributed by atoms with Crippen molar-refractivity contribution in [3.05, 3.63) is 126 Å². The lowest BCUT2D eigenvalue weighted by Crippen LogP contribution is -2.14. The molecule has 0 bridgehead atoms. The molecule has 18 nitrogen and oxygen atoms in total. The number of hydrogen-bond donors (Lipinski definition) is 3. The Morgan fingerprint density at radius 2 is 0.341 bits per heavy atom. The molecule has 0 atom stereocenters. The number of carbonyl (C=O) groups is 3. The van der Waals surface area contributed by atoms with E-state index in [1.807, 2.05) is 72.8 Å². The summed E-state index contributed by atoms with van der Waals surface area (Å²) in [5.74, 6) is 4.92. The summed E-state index contributed by atoms with van der Waals surface area (Å²) in [5, 5.41) is 9.56. The van der Waals surface area contributed by atoms with Gasteiger partial charge >= 0.3 is 0 Å². The molecule has 18 heteroatoms. The lowest BCUT2D eigenvalue weighted by molar-refractivity contribution is 0.101. The van der Waals surface area contributed by atoms with Gasteiger partial charge in [-0.25, -0.2) is 15.0 Å². The van der Waals surface area contributed by atoms with E-state index in [1.165, 1.54) is 173 Å². The number of rotatable bonds is 81. The summed E-state index contributed by atoms with van der Waals surface area (Å²) in [7, 11) is 0. The van der Waals surface area contributed by atoms with Gasteiger partial charge in [0.2, 0.25) is 17.2 Å². The molecular formula is C114H174N6O12. The Kier molecular flexibility index (Phi) is 58.8. The molecule has 732 valence electrons. The Bertz CT molecular complexity index is 3640. The van der Waals surface area contributed by atoms with E-state index in [1.54, 1.807) is 36.4 Å². The number of amides is 3. The summed E-state index contributed by atoms with van der Waals surface area (Å²) in [6, 6.07) is 33.4. The number of anilines is 3. The van der Waals surface area contributed by atoms with Crippen molar-refractivity contribution in [2.45, 2.75) is 409 Å². The van der Waals surface area contributed by atoms with Gasteiger partial charge in [-0.3, -0.25) is 14.4 Å². The molecule has 0 spiro atoms. The van der Waals surface area contributed by atoms with Crippen LogP contribution in [0.1, 0.15) is 440 Å². The summed E-state index contributed by atoms with van der Waals surface area (Å²) in [6.45, 7) is 24.7. The van der Waals surface area contributed by atoms with E-state index in [-0.39, 0.29) is 17.7 Å². The third kappa shape index (κ3) is 44.4. The van der Waals surface area contributed by atoms with Crippen molar-refractivity contribution in [3.8, 4) is 85.9 Å². The molecule has 1 aromatic heterocycles. The maximum absolute atomic E-state index is 14.8. The monoisotopic (exact) mass is 1820 g/mol. The lowest BCUT2D eigenvalue weighted by atomic mass is 10.1. The Balaban J connectivity index is 1.24. The van der Waals surface area contributed by atoms with Crippen LogP contribution in [0.25, 0.3) is 34.2 Å². The first-order valence-corrected chi connectivity index (χ1v) is 53.2. The molecule has 1 heterocycles. The Morgan fingerprint density at radius 3 is 0.500 bits per heavy atom. The summed E-state index contributed by atoms with van der Waals surface area (Å²) in [4.78, 5) is 59.9. The fourth-order valence-electron chi connectivity index (χ4n) is 16.2. The zero-order chi connectivity index (χ0) is 93.7. The van der Waals surface area contributed by atoms with Crippen LogP contribution in [0.4, 0.5) is 17.1 Å². The van der Waals surface area contributed by atoms with Gasteiger partial charge < -0.3 is 58.6 Å². The topological polar surface area (TPSA) is 209 Å². The largest absolute Gasteiger partial charge is 0.490 e. The molecule has 0 fully saturated rings. The van der Waals surface area contributed by atoms with Crippen LogP contribution in [-0.2, 0) is 0 Å². The first kappa shape index (κ1) is 110. The van der Waals surface area contributed by atoms with Crippen LogP contribution < -0.4 is 58.6 Å². The van der Waals surface area contributed by atoms with Crippen LogP contribution in [0.3, 0.4) is 0 Å².